The van der Waals surface area contributed by atoms with Gasteiger partial charge >= 0.3 is 5.31 Å². The van der Waals surface area contributed by atoms with Gasteiger partial charge in [0.05, 0.1) is 11.4 Å². The van der Waals surface area contributed by atoms with Crippen molar-refractivity contribution in [2.45, 2.75) is 23.5 Å². The van der Waals surface area contributed by atoms with Gasteiger partial charge in [-0.25, -0.2) is 0 Å². The largest absolute Gasteiger partial charge is 0.334 e. The molecule has 2 amide bonds. The van der Waals surface area contributed by atoms with E-state index < -0.39 is 11.2 Å². The van der Waals surface area contributed by atoms with Gasteiger partial charge in [-0.15, -0.1) is 11.6 Å². The summed E-state index contributed by atoms with van der Waals surface area (Å²) >= 11 is 5.76. The molecule has 0 atom stereocenters. The fraction of sp³-hybridized carbons (Fsp3) is 0.333. The minimum absolute atomic E-state index is 0.226. The Labute approximate surface area is 130 Å². The lowest BCUT2D eigenvalue weighted by Gasteiger charge is -2.16. The second-order valence-electron chi connectivity index (χ2n) is 3.97. The van der Waals surface area contributed by atoms with Crippen LogP contribution in [0.2, 0.25) is 0 Å². The maximum Gasteiger partial charge on any atom is 0.334 e. The Morgan fingerprint density at radius 2 is 1.81 bits per heavy atom. The Morgan fingerprint density at radius 1 is 1.19 bits per heavy atom. The highest BCUT2D eigenvalue weighted by molar-refractivity contribution is 8.00. The molecule has 1 rings (SSSR count). The molecule has 0 heterocycles. The maximum absolute atomic E-state index is 11.5. The van der Waals surface area contributed by atoms with Crippen molar-refractivity contribution in [3.8, 4) is 0 Å². The molecule has 21 heavy (non-hydrogen) atoms. The molecule has 0 aliphatic heterocycles. The van der Waals surface area contributed by atoms with Crippen LogP contribution in [0.3, 0.4) is 0 Å². The molecule has 0 aromatic heterocycles. The number of thioether (sulfide) groups is 1. The molecular formula is C12H15ClN2O5S. The predicted molar refractivity (Wildman–Crippen MR) is 80.0 cm³/mol. The van der Waals surface area contributed by atoms with E-state index in [4.69, 9.17) is 26.9 Å². The van der Waals surface area contributed by atoms with Crippen LogP contribution in [-0.4, -0.2) is 38.3 Å². The lowest BCUT2D eigenvalue weighted by atomic mass is 10.2. The van der Waals surface area contributed by atoms with Crippen LogP contribution in [-0.2, 0) is 9.59 Å². The first-order chi connectivity index (χ1) is 9.75. The van der Waals surface area contributed by atoms with Crippen LogP contribution in [0.1, 0.15) is 13.3 Å². The van der Waals surface area contributed by atoms with Crippen LogP contribution in [0.4, 0.5) is 11.4 Å². The van der Waals surface area contributed by atoms with E-state index >= 15 is 0 Å². The molecule has 0 radical (unpaired) electrons. The van der Waals surface area contributed by atoms with E-state index in [0.717, 1.165) is 0 Å². The highest BCUT2D eigenvalue weighted by Crippen LogP contribution is 2.32. The number of hydrogen-bond acceptors (Lipinski definition) is 6. The first-order valence-electron chi connectivity index (χ1n) is 5.91. The highest BCUT2D eigenvalue weighted by atomic mass is 35.5. The number of benzene rings is 1. The minimum atomic E-state index is -2.94. The maximum atomic E-state index is 11.5. The van der Waals surface area contributed by atoms with Crippen LogP contribution in [0.5, 0.6) is 0 Å². The Hall–Kier alpha value is -1.32. The lowest BCUT2D eigenvalue weighted by molar-refractivity contribution is -0.234. The topological polar surface area (TPSA) is 119 Å². The van der Waals surface area contributed by atoms with E-state index in [9.17, 15) is 9.59 Å². The van der Waals surface area contributed by atoms with Crippen LogP contribution in [0.15, 0.2) is 23.1 Å². The Bertz CT molecular complexity index is 533. The summed E-state index contributed by atoms with van der Waals surface area (Å²) in [5.74, 6) is -0.989. The lowest BCUT2D eigenvalue weighted by Crippen LogP contribution is -2.21. The molecule has 0 bridgehead atoms. The normalized spacial score (nSPS) is 11.1. The van der Waals surface area contributed by atoms with Crippen molar-refractivity contribution in [3.05, 3.63) is 18.2 Å². The van der Waals surface area contributed by atoms with Gasteiger partial charge in [-0.2, -0.15) is 0 Å². The molecule has 116 valence electrons. The van der Waals surface area contributed by atoms with E-state index in [-0.39, 0.29) is 28.8 Å². The number of amides is 2. The molecule has 9 heteroatoms. The molecule has 0 fully saturated rings. The summed E-state index contributed by atoms with van der Waals surface area (Å²) in [5, 5.41) is 28.9. The van der Waals surface area contributed by atoms with Gasteiger partial charge in [0.15, 0.2) is 0 Å². The second-order valence-corrected chi connectivity index (χ2v) is 5.46. The molecule has 1 aromatic rings. The molecule has 7 nitrogen and oxygen atoms in total. The van der Waals surface area contributed by atoms with Crippen molar-refractivity contribution in [2.75, 3.05) is 16.5 Å². The van der Waals surface area contributed by atoms with Crippen molar-refractivity contribution < 1.29 is 24.9 Å². The molecule has 0 spiro atoms. The predicted octanol–water partition coefficient (Wildman–Crippen LogP) is 0.893. The summed E-state index contributed by atoms with van der Waals surface area (Å²) < 4.78 is 0. The number of carbonyl (C=O) groups is 2. The first-order valence-corrected chi connectivity index (χ1v) is 7.26. The molecule has 0 saturated carbocycles. The average molecular weight is 335 g/mol. The van der Waals surface area contributed by atoms with E-state index in [1.807, 2.05) is 0 Å². The number of nitrogens with one attached hydrogen (secondary N) is 2. The molecule has 5 N–H and O–H groups in total. The number of alkyl halides is 1. The zero-order valence-electron chi connectivity index (χ0n) is 11.1. The van der Waals surface area contributed by atoms with Crippen LogP contribution in [0, 0.1) is 0 Å². The summed E-state index contributed by atoms with van der Waals surface area (Å²) in [6, 6.07) is 4.27. The standard InChI is InChI=1S/C12H15ClN2O5S/c1-2-10(16)15-9-5-7(21-12(18,19)20)3-4-8(9)14-11(17)6-13/h3-5,18-20H,2,6H2,1H3,(H,14,17)(H,15,16). The SMILES string of the molecule is CCC(=O)Nc1cc(SC(O)(O)O)ccc1NC(=O)CCl. The number of halogens is 1. The Balaban J connectivity index is 3.07. The van der Waals surface area contributed by atoms with Crippen LogP contribution >= 0.6 is 23.4 Å². The highest BCUT2D eigenvalue weighted by Gasteiger charge is 2.21. The van der Waals surface area contributed by atoms with Crippen molar-refractivity contribution >= 4 is 46.6 Å². The summed E-state index contributed by atoms with van der Waals surface area (Å²) in [5.41, 5.74) is 0.570. The number of carbonyl (C=O) groups excluding carboxylic acids is 2. The summed E-state index contributed by atoms with van der Waals surface area (Å²) in [4.78, 5) is 23.1. The quantitative estimate of drug-likeness (QED) is 0.299. The molecular weight excluding hydrogens is 320 g/mol. The summed E-state index contributed by atoms with van der Waals surface area (Å²) in [6.07, 6.45) is 0.226. The fourth-order valence-corrected chi connectivity index (χ4v) is 2.08. The van der Waals surface area contributed by atoms with Gasteiger partial charge in [0.1, 0.15) is 5.88 Å². The smallest absolute Gasteiger partial charge is 0.334 e. The second kappa shape index (κ2) is 7.62. The molecule has 0 aliphatic rings. The van der Waals surface area contributed by atoms with E-state index in [0.29, 0.717) is 17.4 Å². The summed E-state index contributed by atoms with van der Waals surface area (Å²) in [6.45, 7) is 1.66. The molecule has 0 saturated heterocycles. The molecule has 1 aromatic carbocycles. The first kappa shape index (κ1) is 17.7. The van der Waals surface area contributed by atoms with E-state index in [2.05, 4.69) is 10.6 Å². The average Bonchev–Trinajstić information content (AvgIpc) is 2.39. The van der Waals surface area contributed by atoms with Gasteiger partial charge in [-0.05, 0) is 30.0 Å². The summed E-state index contributed by atoms with van der Waals surface area (Å²) in [7, 11) is 0. The third kappa shape index (κ3) is 6.32. The van der Waals surface area contributed by atoms with Gasteiger partial charge in [-0.1, -0.05) is 6.92 Å². The van der Waals surface area contributed by atoms with Gasteiger partial charge in [0.25, 0.3) is 0 Å². The van der Waals surface area contributed by atoms with Crippen molar-refractivity contribution in [3.63, 3.8) is 0 Å². The fourth-order valence-electron chi connectivity index (χ4n) is 1.38. The van der Waals surface area contributed by atoms with Crippen molar-refractivity contribution in [1.29, 1.82) is 0 Å². The zero-order chi connectivity index (χ0) is 16.0. The molecule has 0 aliphatic carbocycles. The van der Waals surface area contributed by atoms with Crippen LogP contribution in [0.25, 0.3) is 0 Å². The number of aliphatic hydroxyl groups is 3. The third-order valence-electron chi connectivity index (χ3n) is 2.24. The van der Waals surface area contributed by atoms with Gasteiger partial charge in [0.2, 0.25) is 11.8 Å². The van der Waals surface area contributed by atoms with Gasteiger partial charge in [0, 0.05) is 11.3 Å². The van der Waals surface area contributed by atoms with Crippen molar-refractivity contribution in [2.24, 2.45) is 0 Å². The third-order valence-corrected chi connectivity index (χ3v) is 3.24. The van der Waals surface area contributed by atoms with Gasteiger partial charge in [-0.3, -0.25) is 9.59 Å². The van der Waals surface area contributed by atoms with E-state index in [1.54, 1.807) is 6.92 Å². The Kier molecular flexibility index (Phi) is 6.43. The number of rotatable bonds is 6. The van der Waals surface area contributed by atoms with Crippen molar-refractivity contribution in [1.82, 2.24) is 0 Å². The number of anilines is 2. The molecule has 0 unspecified atom stereocenters. The number of hydrogen-bond donors (Lipinski definition) is 5. The van der Waals surface area contributed by atoms with Gasteiger partial charge < -0.3 is 26.0 Å². The minimum Gasteiger partial charge on any atom is -0.334 e. The van der Waals surface area contributed by atoms with Crippen LogP contribution < -0.4 is 10.6 Å². The monoisotopic (exact) mass is 334 g/mol. The zero-order valence-corrected chi connectivity index (χ0v) is 12.7. The van der Waals surface area contributed by atoms with E-state index in [1.165, 1.54) is 18.2 Å². The Morgan fingerprint density at radius 3 is 2.33 bits per heavy atom.